The van der Waals surface area contributed by atoms with E-state index in [2.05, 4.69) is 10.3 Å². The van der Waals surface area contributed by atoms with Crippen LogP contribution in [0, 0.1) is 5.92 Å². The molecule has 0 bridgehead atoms. The number of amides is 1. The summed E-state index contributed by atoms with van der Waals surface area (Å²) in [6, 6.07) is -3.54. The van der Waals surface area contributed by atoms with Gasteiger partial charge in [-0.1, -0.05) is 32.9 Å². The molecule has 8 heteroatoms. The lowest BCUT2D eigenvalue weighted by molar-refractivity contribution is -0.131. The zero-order valence-corrected chi connectivity index (χ0v) is 13.5. The highest BCUT2D eigenvalue weighted by Gasteiger charge is 2.34. The second-order valence-corrected chi connectivity index (χ2v) is 5.69. The smallest absolute Gasteiger partial charge is 0.367 e. The number of halogens is 2. The van der Waals surface area contributed by atoms with Crippen LogP contribution in [0.4, 0.5) is 8.78 Å². The van der Waals surface area contributed by atoms with Gasteiger partial charge in [-0.05, 0) is 18.8 Å². The molecule has 1 heterocycles. The molecule has 1 aromatic rings. The maximum atomic E-state index is 13.3. The number of aromatic nitrogens is 3. The van der Waals surface area contributed by atoms with E-state index in [1.54, 1.807) is 4.90 Å². The largest absolute Gasteiger partial charge is 0.388 e. The third kappa shape index (κ3) is 4.22. The van der Waals surface area contributed by atoms with E-state index in [1.165, 1.54) is 0 Å². The summed E-state index contributed by atoms with van der Waals surface area (Å²) in [5.41, 5.74) is -0.138. The monoisotopic (exact) mass is 318 g/mol. The molecule has 0 aliphatic heterocycles. The molecule has 0 saturated heterocycles. The number of carbonyl (C=O) groups excluding carboxylic acids is 1. The highest BCUT2D eigenvalue weighted by Crippen LogP contribution is 2.20. The molecule has 22 heavy (non-hydrogen) atoms. The van der Waals surface area contributed by atoms with Crippen LogP contribution in [0.2, 0.25) is 0 Å². The molecule has 126 valence electrons. The Morgan fingerprint density at radius 2 is 2.00 bits per heavy atom. The van der Waals surface area contributed by atoms with Gasteiger partial charge in [0.05, 0.1) is 6.20 Å². The lowest BCUT2D eigenvalue weighted by Gasteiger charge is -2.31. The average Bonchev–Trinajstić information content (AvgIpc) is 2.97. The van der Waals surface area contributed by atoms with Gasteiger partial charge in [-0.15, -0.1) is 5.10 Å². The molecule has 1 aromatic heterocycles. The Labute approximate surface area is 129 Å². The van der Waals surface area contributed by atoms with Crippen molar-refractivity contribution in [2.24, 2.45) is 5.92 Å². The van der Waals surface area contributed by atoms with Crippen LogP contribution < -0.4 is 0 Å². The molecule has 0 radical (unpaired) electrons. The summed E-state index contributed by atoms with van der Waals surface area (Å²) >= 11 is 0. The molecule has 0 aromatic carbocycles. The first-order chi connectivity index (χ1) is 10.3. The van der Waals surface area contributed by atoms with Gasteiger partial charge in [0.1, 0.15) is 6.61 Å². The Bertz CT molecular complexity index is 487. The number of nitrogens with zero attached hydrogens (tertiary/aromatic N) is 4. The summed E-state index contributed by atoms with van der Waals surface area (Å²) in [6.07, 6.45) is 2.43. The van der Waals surface area contributed by atoms with Crippen LogP contribution in [0.25, 0.3) is 0 Å². The molecule has 0 atom stereocenters. The Morgan fingerprint density at radius 3 is 2.45 bits per heavy atom. The van der Waals surface area contributed by atoms with Gasteiger partial charge in [-0.3, -0.25) is 4.79 Å². The van der Waals surface area contributed by atoms with Crippen LogP contribution in [0.3, 0.4) is 0 Å². The van der Waals surface area contributed by atoms with Crippen molar-refractivity contribution in [3.05, 3.63) is 11.9 Å². The van der Waals surface area contributed by atoms with Crippen molar-refractivity contribution in [3.8, 4) is 0 Å². The number of carbonyl (C=O) groups is 1. The van der Waals surface area contributed by atoms with Crippen molar-refractivity contribution in [1.29, 1.82) is 0 Å². The maximum Gasteiger partial charge on any atom is 0.367 e. The van der Waals surface area contributed by atoms with E-state index in [1.807, 2.05) is 27.7 Å². The van der Waals surface area contributed by atoms with Crippen LogP contribution >= 0.6 is 0 Å². The third-order valence-corrected chi connectivity index (χ3v) is 3.44. The molecule has 0 spiro atoms. The number of hydrogen-bond donors (Lipinski definition) is 1. The van der Waals surface area contributed by atoms with Gasteiger partial charge in [0.15, 0.2) is 5.69 Å². The van der Waals surface area contributed by atoms with Crippen LogP contribution in [0.5, 0.6) is 0 Å². The molecular formula is C14H24F2N4O2. The van der Waals surface area contributed by atoms with E-state index in [0.717, 1.165) is 19.0 Å². The Morgan fingerprint density at radius 1 is 1.41 bits per heavy atom. The van der Waals surface area contributed by atoms with E-state index in [-0.39, 0.29) is 22.3 Å². The minimum absolute atomic E-state index is 0.0263. The molecule has 1 amide bonds. The number of aliphatic hydroxyl groups excluding tert-OH is 1. The standard InChI is InChI=1S/C14H24F2N4O2/c1-5-11(6-2)19(7-10(3)4)13(22)12-8-20(18-17-12)14(15,16)9-21/h8,10-11,21H,5-7,9H2,1-4H3. The number of rotatable bonds is 8. The minimum atomic E-state index is -3.57. The molecule has 0 fully saturated rings. The van der Waals surface area contributed by atoms with Crippen molar-refractivity contribution in [2.75, 3.05) is 13.2 Å². The van der Waals surface area contributed by atoms with Gasteiger partial charge in [-0.25, -0.2) is 0 Å². The predicted molar refractivity (Wildman–Crippen MR) is 77.5 cm³/mol. The van der Waals surface area contributed by atoms with Crippen LogP contribution in [-0.4, -0.2) is 50.1 Å². The molecule has 6 nitrogen and oxygen atoms in total. The van der Waals surface area contributed by atoms with Crippen molar-refractivity contribution in [2.45, 2.75) is 52.6 Å². The molecule has 1 N–H and O–H groups in total. The fourth-order valence-electron chi connectivity index (χ4n) is 2.26. The number of alkyl halides is 2. The first-order valence-electron chi connectivity index (χ1n) is 7.49. The second-order valence-electron chi connectivity index (χ2n) is 5.69. The highest BCUT2D eigenvalue weighted by atomic mass is 19.3. The van der Waals surface area contributed by atoms with E-state index in [4.69, 9.17) is 5.11 Å². The maximum absolute atomic E-state index is 13.3. The van der Waals surface area contributed by atoms with Gasteiger partial charge in [0.25, 0.3) is 5.91 Å². The normalized spacial score (nSPS) is 12.2. The van der Waals surface area contributed by atoms with Gasteiger partial charge in [-0.2, -0.15) is 13.5 Å². The van der Waals surface area contributed by atoms with Gasteiger partial charge >= 0.3 is 6.05 Å². The van der Waals surface area contributed by atoms with Gasteiger partial charge in [0.2, 0.25) is 0 Å². The number of aliphatic hydroxyl groups is 1. The van der Waals surface area contributed by atoms with E-state index in [0.29, 0.717) is 6.54 Å². The molecule has 0 saturated carbocycles. The quantitative estimate of drug-likeness (QED) is 0.797. The zero-order valence-electron chi connectivity index (χ0n) is 13.5. The Kier molecular flexibility index (Phi) is 6.40. The molecular weight excluding hydrogens is 294 g/mol. The number of hydrogen-bond acceptors (Lipinski definition) is 4. The van der Waals surface area contributed by atoms with Gasteiger partial charge in [0, 0.05) is 12.6 Å². The zero-order chi connectivity index (χ0) is 16.9. The van der Waals surface area contributed by atoms with E-state index < -0.39 is 18.6 Å². The minimum Gasteiger partial charge on any atom is -0.388 e. The second kappa shape index (κ2) is 7.62. The van der Waals surface area contributed by atoms with Crippen molar-refractivity contribution in [3.63, 3.8) is 0 Å². The lowest BCUT2D eigenvalue weighted by atomic mass is 10.1. The summed E-state index contributed by atoms with van der Waals surface area (Å²) in [4.78, 5) is 14.2. The summed E-state index contributed by atoms with van der Waals surface area (Å²) < 4.78 is 26.9. The van der Waals surface area contributed by atoms with Crippen molar-refractivity contribution < 1.29 is 18.7 Å². The average molecular weight is 318 g/mol. The fraction of sp³-hybridized carbons (Fsp3) is 0.786. The predicted octanol–water partition coefficient (Wildman–Crippen LogP) is 2.11. The topological polar surface area (TPSA) is 71.2 Å². The molecule has 0 aliphatic rings. The first kappa shape index (κ1) is 18.5. The van der Waals surface area contributed by atoms with Crippen LogP contribution in [0.15, 0.2) is 6.20 Å². The summed E-state index contributed by atoms with van der Waals surface area (Å²) in [6.45, 7) is 7.05. The van der Waals surface area contributed by atoms with E-state index >= 15 is 0 Å². The van der Waals surface area contributed by atoms with E-state index in [9.17, 15) is 13.6 Å². The summed E-state index contributed by atoms with van der Waals surface area (Å²) in [5.74, 6) is -0.166. The first-order valence-corrected chi connectivity index (χ1v) is 7.49. The Balaban J connectivity index is 3.04. The summed E-state index contributed by atoms with van der Waals surface area (Å²) in [7, 11) is 0. The van der Waals surface area contributed by atoms with Crippen LogP contribution in [0.1, 0.15) is 51.0 Å². The lowest BCUT2D eigenvalue weighted by Crippen LogP contribution is -2.42. The third-order valence-electron chi connectivity index (χ3n) is 3.44. The SMILES string of the molecule is CCC(CC)N(CC(C)C)C(=O)c1cn(C(F)(F)CO)nn1. The fourth-order valence-corrected chi connectivity index (χ4v) is 2.26. The molecule has 0 unspecified atom stereocenters. The van der Waals surface area contributed by atoms with Crippen molar-refractivity contribution in [1.82, 2.24) is 19.9 Å². The molecule has 1 rings (SSSR count). The Hall–Kier alpha value is -1.57. The van der Waals surface area contributed by atoms with Gasteiger partial charge < -0.3 is 10.0 Å². The summed E-state index contributed by atoms with van der Waals surface area (Å²) in [5, 5.41) is 15.5. The highest BCUT2D eigenvalue weighted by molar-refractivity contribution is 5.92. The van der Waals surface area contributed by atoms with Crippen molar-refractivity contribution >= 4 is 5.91 Å². The van der Waals surface area contributed by atoms with Crippen LogP contribution in [-0.2, 0) is 6.05 Å². The molecule has 0 aliphatic carbocycles.